The molecule has 2 atom stereocenters. The first-order valence-electron chi connectivity index (χ1n) is 7.72. The van der Waals surface area contributed by atoms with Crippen molar-refractivity contribution in [2.24, 2.45) is 0 Å². The summed E-state index contributed by atoms with van der Waals surface area (Å²) in [4.78, 5) is 25.6. The van der Waals surface area contributed by atoms with Crippen molar-refractivity contribution < 1.29 is 23.8 Å². The van der Waals surface area contributed by atoms with Crippen LogP contribution in [-0.4, -0.2) is 48.9 Å². The molecule has 1 aromatic carbocycles. The Labute approximate surface area is 136 Å². The van der Waals surface area contributed by atoms with Crippen molar-refractivity contribution in [3.8, 4) is 0 Å². The second kappa shape index (κ2) is 7.97. The van der Waals surface area contributed by atoms with E-state index in [0.29, 0.717) is 13.0 Å². The molecule has 1 saturated heterocycles. The molecule has 1 aromatic rings. The number of nitrogens with zero attached hydrogens (tertiary/aromatic N) is 1. The molecule has 1 aliphatic rings. The molecule has 23 heavy (non-hydrogen) atoms. The van der Waals surface area contributed by atoms with Gasteiger partial charge in [0, 0.05) is 6.42 Å². The van der Waals surface area contributed by atoms with E-state index >= 15 is 0 Å². The Hall–Kier alpha value is -2.08. The van der Waals surface area contributed by atoms with Gasteiger partial charge in [-0.15, -0.1) is 0 Å². The highest BCUT2D eigenvalue weighted by molar-refractivity contribution is 5.82. The van der Waals surface area contributed by atoms with Crippen LogP contribution in [0.2, 0.25) is 0 Å². The summed E-state index contributed by atoms with van der Waals surface area (Å²) in [5.41, 5.74) is 0.893. The number of hydrogen-bond acceptors (Lipinski definition) is 5. The quantitative estimate of drug-likeness (QED) is 0.779. The lowest BCUT2D eigenvalue weighted by atomic mass is 10.2. The Morgan fingerprint density at radius 3 is 2.57 bits per heavy atom. The third-order valence-electron chi connectivity index (χ3n) is 3.64. The van der Waals surface area contributed by atoms with Crippen LogP contribution < -0.4 is 0 Å². The van der Waals surface area contributed by atoms with E-state index in [4.69, 9.17) is 14.2 Å². The molecule has 0 radical (unpaired) electrons. The molecule has 6 heteroatoms. The summed E-state index contributed by atoms with van der Waals surface area (Å²) >= 11 is 0. The first-order valence-corrected chi connectivity index (χ1v) is 7.72. The second-order valence-corrected chi connectivity index (χ2v) is 5.77. The average Bonchev–Trinajstić information content (AvgIpc) is 2.96. The molecule has 0 N–H and O–H groups in total. The zero-order valence-electron chi connectivity index (χ0n) is 13.7. The third kappa shape index (κ3) is 4.69. The van der Waals surface area contributed by atoms with Gasteiger partial charge in [0.1, 0.15) is 12.6 Å². The minimum absolute atomic E-state index is 0.0265. The fourth-order valence-electron chi connectivity index (χ4n) is 2.64. The van der Waals surface area contributed by atoms with Gasteiger partial charge in [0.25, 0.3) is 0 Å². The van der Waals surface area contributed by atoms with Gasteiger partial charge in [-0.1, -0.05) is 30.3 Å². The van der Waals surface area contributed by atoms with Crippen LogP contribution in [0.3, 0.4) is 0 Å². The highest BCUT2D eigenvalue weighted by atomic mass is 16.6. The number of likely N-dealkylation sites (tertiary alicyclic amines) is 1. The Balaban J connectivity index is 1.98. The fraction of sp³-hybridized carbons (Fsp3) is 0.529. The second-order valence-electron chi connectivity index (χ2n) is 5.77. The molecular formula is C17H23NO5. The van der Waals surface area contributed by atoms with Crippen molar-refractivity contribution in [1.29, 1.82) is 0 Å². The third-order valence-corrected chi connectivity index (χ3v) is 3.64. The molecule has 1 amide bonds. The topological polar surface area (TPSA) is 65.1 Å². The van der Waals surface area contributed by atoms with Crippen LogP contribution in [0.25, 0.3) is 0 Å². The first kappa shape index (κ1) is 17.3. The summed E-state index contributed by atoms with van der Waals surface area (Å²) in [5, 5.41) is 0. The summed E-state index contributed by atoms with van der Waals surface area (Å²) in [6, 6.07) is 8.74. The van der Waals surface area contributed by atoms with Crippen LogP contribution in [-0.2, 0) is 25.6 Å². The minimum Gasteiger partial charge on any atom is -0.467 e. The maximum atomic E-state index is 12.3. The van der Waals surface area contributed by atoms with E-state index in [2.05, 4.69) is 0 Å². The summed E-state index contributed by atoms with van der Waals surface area (Å²) in [6.45, 7) is 4.33. The van der Waals surface area contributed by atoms with E-state index in [0.717, 1.165) is 5.56 Å². The van der Waals surface area contributed by atoms with E-state index in [1.807, 2.05) is 44.2 Å². The zero-order chi connectivity index (χ0) is 16.8. The molecule has 1 fully saturated rings. The number of esters is 1. The van der Waals surface area contributed by atoms with E-state index in [-0.39, 0.29) is 18.8 Å². The van der Waals surface area contributed by atoms with E-state index in [9.17, 15) is 9.59 Å². The van der Waals surface area contributed by atoms with E-state index in [1.165, 1.54) is 12.0 Å². The smallest absolute Gasteiger partial charge is 0.410 e. The van der Waals surface area contributed by atoms with Gasteiger partial charge < -0.3 is 14.2 Å². The van der Waals surface area contributed by atoms with Gasteiger partial charge in [-0.05, 0) is 19.4 Å². The molecule has 6 nitrogen and oxygen atoms in total. The number of rotatable bonds is 5. The lowest BCUT2D eigenvalue weighted by Gasteiger charge is -2.21. The van der Waals surface area contributed by atoms with Gasteiger partial charge in [-0.3, -0.25) is 4.90 Å². The van der Waals surface area contributed by atoms with Gasteiger partial charge in [-0.2, -0.15) is 0 Å². The van der Waals surface area contributed by atoms with Crippen molar-refractivity contribution in [2.45, 2.75) is 45.1 Å². The van der Waals surface area contributed by atoms with Gasteiger partial charge in [0.05, 0.1) is 25.9 Å². The fourth-order valence-corrected chi connectivity index (χ4v) is 2.64. The van der Waals surface area contributed by atoms with Crippen molar-refractivity contribution in [3.05, 3.63) is 35.9 Å². The van der Waals surface area contributed by atoms with Crippen molar-refractivity contribution in [2.75, 3.05) is 13.7 Å². The molecule has 2 rings (SSSR count). The Bertz CT molecular complexity index is 531. The highest BCUT2D eigenvalue weighted by Gasteiger charge is 2.42. The molecule has 0 unspecified atom stereocenters. The van der Waals surface area contributed by atoms with Crippen LogP contribution >= 0.6 is 0 Å². The van der Waals surface area contributed by atoms with Crippen LogP contribution in [0.5, 0.6) is 0 Å². The molecular weight excluding hydrogens is 298 g/mol. The SMILES string of the molecule is COC(=O)[C@H]1C[C@@H](OC(C)C)CN1C(=O)OCc1ccccc1. The highest BCUT2D eigenvalue weighted by Crippen LogP contribution is 2.23. The summed E-state index contributed by atoms with van der Waals surface area (Å²) in [5.74, 6) is -0.448. The summed E-state index contributed by atoms with van der Waals surface area (Å²) < 4.78 is 15.8. The monoisotopic (exact) mass is 321 g/mol. The molecule has 1 aliphatic heterocycles. The van der Waals surface area contributed by atoms with Crippen LogP contribution in [0, 0.1) is 0 Å². The van der Waals surface area contributed by atoms with Crippen LogP contribution in [0.15, 0.2) is 30.3 Å². The molecule has 1 heterocycles. The molecule has 0 saturated carbocycles. The average molecular weight is 321 g/mol. The number of carbonyl (C=O) groups excluding carboxylic acids is 2. The lowest BCUT2D eigenvalue weighted by molar-refractivity contribution is -0.145. The first-order chi connectivity index (χ1) is 11.0. The van der Waals surface area contributed by atoms with E-state index < -0.39 is 18.1 Å². The van der Waals surface area contributed by atoms with Gasteiger partial charge in [0.15, 0.2) is 0 Å². The number of benzene rings is 1. The van der Waals surface area contributed by atoms with Crippen LogP contribution in [0.4, 0.5) is 4.79 Å². The normalized spacial score (nSPS) is 20.6. The predicted molar refractivity (Wildman–Crippen MR) is 83.8 cm³/mol. The minimum atomic E-state index is -0.660. The van der Waals surface area contributed by atoms with Crippen LogP contribution in [0.1, 0.15) is 25.8 Å². The number of methoxy groups -OCH3 is 1. The lowest BCUT2D eigenvalue weighted by Crippen LogP contribution is -2.41. The number of amides is 1. The van der Waals surface area contributed by atoms with E-state index in [1.54, 1.807) is 0 Å². The summed E-state index contributed by atoms with van der Waals surface area (Å²) in [6.07, 6.45) is -0.272. The predicted octanol–water partition coefficient (Wildman–Crippen LogP) is 2.36. The molecule has 0 aromatic heterocycles. The van der Waals surface area contributed by atoms with Gasteiger partial charge in [0.2, 0.25) is 0 Å². The Morgan fingerprint density at radius 1 is 1.26 bits per heavy atom. The maximum absolute atomic E-state index is 12.3. The Kier molecular flexibility index (Phi) is 5.98. The Morgan fingerprint density at radius 2 is 1.96 bits per heavy atom. The van der Waals surface area contributed by atoms with Crippen molar-refractivity contribution >= 4 is 12.1 Å². The standard InChI is InChI=1S/C17H23NO5/c1-12(2)23-14-9-15(16(19)21-3)18(10-14)17(20)22-11-13-7-5-4-6-8-13/h4-8,12,14-15H,9-11H2,1-3H3/t14-,15-/m1/s1. The van der Waals surface area contributed by atoms with Gasteiger partial charge >= 0.3 is 12.1 Å². The van der Waals surface area contributed by atoms with Crippen molar-refractivity contribution in [1.82, 2.24) is 4.90 Å². The molecule has 0 aliphatic carbocycles. The maximum Gasteiger partial charge on any atom is 0.410 e. The molecule has 0 bridgehead atoms. The molecule has 126 valence electrons. The number of ether oxygens (including phenoxy) is 3. The van der Waals surface area contributed by atoms with Crippen molar-refractivity contribution in [3.63, 3.8) is 0 Å². The zero-order valence-corrected chi connectivity index (χ0v) is 13.7. The molecule has 0 spiro atoms. The number of carbonyl (C=O) groups is 2. The van der Waals surface area contributed by atoms with Gasteiger partial charge in [-0.25, -0.2) is 9.59 Å². The number of hydrogen-bond donors (Lipinski definition) is 0. The summed E-state index contributed by atoms with van der Waals surface area (Å²) in [7, 11) is 1.31. The largest absolute Gasteiger partial charge is 0.467 e.